The molecule has 3 rings (SSSR count). The highest BCUT2D eigenvalue weighted by molar-refractivity contribution is 5.79. The summed E-state index contributed by atoms with van der Waals surface area (Å²) in [6.07, 6.45) is -1.45. The summed E-state index contributed by atoms with van der Waals surface area (Å²) >= 11 is 0. The zero-order valence-electron chi connectivity index (χ0n) is 14.7. The number of hydrogen-bond acceptors (Lipinski definition) is 3. The number of halogens is 3. The number of urea groups is 1. The van der Waals surface area contributed by atoms with Crippen molar-refractivity contribution in [1.82, 2.24) is 15.5 Å². The van der Waals surface area contributed by atoms with Gasteiger partial charge in [-0.1, -0.05) is 12.1 Å². The lowest BCUT2D eigenvalue weighted by Crippen LogP contribution is -2.47. The number of nitrogens with zero attached hydrogens (tertiary/aromatic N) is 1. The molecule has 1 saturated carbocycles. The number of amides is 3. The number of ether oxygens (including phenoxy) is 1. The maximum Gasteiger partial charge on any atom is 0.573 e. The van der Waals surface area contributed by atoms with E-state index in [-0.39, 0.29) is 30.2 Å². The van der Waals surface area contributed by atoms with E-state index in [1.165, 1.54) is 24.3 Å². The molecule has 6 nitrogen and oxygen atoms in total. The van der Waals surface area contributed by atoms with Crippen molar-refractivity contribution in [3.8, 4) is 5.75 Å². The van der Waals surface area contributed by atoms with Crippen LogP contribution in [0.3, 0.4) is 0 Å². The standard InChI is InChI=1S/C18H22F3N3O3/c19-18(20,21)27-15-5-1-12(2-6-15)11-22-16(25)13-7-9-24(10-8-13)17(26)23-14-3-4-14/h1-2,5-6,13-14H,3-4,7-11H2,(H,22,25)(H,23,26). The van der Waals surface area contributed by atoms with Crippen molar-refractivity contribution < 1.29 is 27.5 Å². The predicted molar refractivity (Wildman–Crippen MR) is 90.8 cm³/mol. The van der Waals surface area contributed by atoms with Gasteiger partial charge in [0.2, 0.25) is 5.91 Å². The Balaban J connectivity index is 1.40. The van der Waals surface area contributed by atoms with E-state index in [0.29, 0.717) is 37.5 Å². The Morgan fingerprint density at radius 1 is 1.07 bits per heavy atom. The fraction of sp³-hybridized carbons (Fsp3) is 0.556. The third kappa shape index (κ3) is 6.04. The van der Waals surface area contributed by atoms with Crippen LogP contribution in [0.15, 0.2) is 24.3 Å². The van der Waals surface area contributed by atoms with Crippen molar-refractivity contribution in [2.45, 2.75) is 44.6 Å². The number of likely N-dealkylation sites (tertiary alicyclic amines) is 1. The zero-order chi connectivity index (χ0) is 19.4. The third-order valence-corrected chi connectivity index (χ3v) is 4.68. The van der Waals surface area contributed by atoms with E-state index >= 15 is 0 Å². The van der Waals surface area contributed by atoms with Crippen LogP contribution in [0.25, 0.3) is 0 Å². The summed E-state index contributed by atoms with van der Waals surface area (Å²) < 4.78 is 40.2. The minimum absolute atomic E-state index is 0.0578. The number of hydrogen-bond donors (Lipinski definition) is 2. The molecular formula is C18H22F3N3O3. The first-order chi connectivity index (χ1) is 12.8. The zero-order valence-corrected chi connectivity index (χ0v) is 14.7. The number of benzene rings is 1. The van der Waals surface area contributed by atoms with Crippen LogP contribution in [-0.4, -0.2) is 42.3 Å². The van der Waals surface area contributed by atoms with Gasteiger partial charge < -0.3 is 20.3 Å². The number of carbonyl (C=O) groups is 2. The molecule has 0 bridgehead atoms. The van der Waals surface area contributed by atoms with Crippen LogP contribution in [0.5, 0.6) is 5.75 Å². The Labute approximate surface area is 155 Å². The molecule has 2 fully saturated rings. The molecule has 0 atom stereocenters. The van der Waals surface area contributed by atoms with Crippen LogP contribution in [0, 0.1) is 5.92 Å². The molecule has 1 saturated heterocycles. The van der Waals surface area contributed by atoms with E-state index in [0.717, 1.165) is 12.8 Å². The van der Waals surface area contributed by atoms with Crippen LogP contribution in [0.2, 0.25) is 0 Å². The van der Waals surface area contributed by atoms with E-state index < -0.39 is 6.36 Å². The monoisotopic (exact) mass is 385 g/mol. The first-order valence-electron chi connectivity index (χ1n) is 8.98. The molecule has 9 heteroatoms. The summed E-state index contributed by atoms with van der Waals surface area (Å²) in [5, 5.41) is 5.74. The summed E-state index contributed by atoms with van der Waals surface area (Å²) in [7, 11) is 0. The van der Waals surface area contributed by atoms with Gasteiger partial charge in [-0.25, -0.2) is 4.79 Å². The predicted octanol–water partition coefficient (Wildman–Crippen LogP) is 2.79. The van der Waals surface area contributed by atoms with Crippen molar-refractivity contribution in [1.29, 1.82) is 0 Å². The first kappa shape index (κ1) is 19.3. The fourth-order valence-electron chi connectivity index (χ4n) is 2.98. The molecule has 0 radical (unpaired) electrons. The molecular weight excluding hydrogens is 363 g/mol. The average molecular weight is 385 g/mol. The van der Waals surface area contributed by atoms with E-state index in [1.54, 1.807) is 4.90 Å². The van der Waals surface area contributed by atoms with Crippen molar-refractivity contribution in [2.75, 3.05) is 13.1 Å². The lowest BCUT2D eigenvalue weighted by molar-refractivity contribution is -0.274. The summed E-state index contributed by atoms with van der Waals surface area (Å²) in [6.45, 7) is 1.31. The van der Waals surface area contributed by atoms with Gasteiger partial charge in [0.1, 0.15) is 5.75 Å². The van der Waals surface area contributed by atoms with Crippen LogP contribution in [0.4, 0.5) is 18.0 Å². The number of piperidine rings is 1. The van der Waals surface area contributed by atoms with Gasteiger partial charge in [0.05, 0.1) is 0 Å². The molecule has 1 aromatic rings. The average Bonchev–Trinajstić information content (AvgIpc) is 3.43. The molecule has 3 amide bonds. The maximum absolute atomic E-state index is 12.3. The second-order valence-corrected chi connectivity index (χ2v) is 6.89. The van der Waals surface area contributed by atoms with Gasteiger partial charge in [-0.3, -0.25) is 4.79 Å². The van der Waals surface area contributed by atoms with Gasteiger partial charge in [0.25, 0.3) is 0 Å². The van der Waals surface area contributed by atoms with Crippen LogP contribution in [-0.2, 0) is 11.3 Å². The molecule has 1 aliphatic heterocycles. The minimum atomic E-state index is -4.72. The Morgan fingerprint density at radius 3 is 2.26 bits per heavy atom. The Bertz CT molecular complexity index is 667. The van der Waals surface area contributed by atoms with Crippen LogP contribution in [0.1, 0.15) is 31.2 Å². The second-order valence-electron chi connectivity index (χ2n) is 6.89. The molecule has 0 unspecified atom stereocenters. The van der Waals surface area contributed by atoms with Crippen molar-refractivity contribution in [2.24, 2.45) is 5.92 Å². The van der Waals surface area contributed by atoms with E-state index in [1.807, 2.05) is 0 Å². The van der Waals surface area contributed by atoms with Gasteiger partial charge in [-0.15, -0.1) is 13.2 Å². The number of nitrogens with one attached hydrogen (secondary N) is 2. The molecule has 27 heavy (non-hydrogen) atoms. The third-order valence-electron chi connectivity index (χ3n) is 4.68. The van der Waals surface area contributed by atoms with Crippen molar-refractivity contribution in [3.63, 3.8) is 0 Å². The number of carbonyl (C=O) groups excluding carboxylic acids is 2. The van der Waals surface area contributed by atoms with Gasteiger partial charge in [-0.05, 0) is 43.4 Å². The Hall–Kier alpha value is -2.45. The molecule has 1 aliphatic carbocycles. The Morgan fingerprint density at radius 2 is 1.70 bits per heavy atom. The molecule has 2 N–H and O–H groups in total. The first-order valence-corrected chi connectivity index (χ1v) is 8.98. The molecule has 0 spiro atoms. The summed E-state index contributed by atoms with van der Waals surface area (Å²) in [6, 6.07) is 5.64. The quantitative estimate of drug-likeness (QED) is 0.819. The van der Waals surface area contributed by atoms with E-state index in [2.05, 4.69) is 15.4 Å². The topological polar surface area (TPSA) is 70.7 Å². The maximum atomic E-state index is 12.3. The lowest BCUT2D eigenvalue weighted by Gasteiger charge is -2.31. The molecule has 1 aromatic carbocycles. The lowest BCUT2D eigenvalue weighted by atomic mass is 9.96. The van der Waals surface area contributed by atoms with E-state index in [4.69, 9.17) is 0 Å². The molecule has 0 aromatic heterocycles. The second kappa shape index (κ2) is 8.06. The number of alkyl halides is 3. The van der Waals surface area contributed by atoms with Crippen molar-refractivity contribution >= 4 is 11.9 Å². The van der Waals surface area contributed by atoms with E-state index in [9.17, 15) is 22.8 Å². The smallest absolute Gasteiger partial charge is 0.406 e. The summed E-state index contributed by atoms with van der Waals surface area (Å²) in [5.74, 6) is -0.565. The van der Waals surface area contributed by atoms with Crippen LogP contribution >= 0.6 is 0 Å². The van der Waals surface area contributed by atoms with Gasteiger partial charge in [-0.2, -0.15) is 0 Å². The fourth-order valence-corrected chi connectivity index (χ4v) is 2.98. The van der Waals surface area contributed by atoms with Gasteiger partial charge in [0, 0.05) is 31.6 Å². The molecule has 148 valence electrons. The SMILES string of the molecule is O=C(NCc1ccc(OC(F)(F)F)cc1)C1CCN(C(=O)NC2CC2)CC1. The highest BCUT2D eigenvalue weighted by atomic mass is 19.4. The van der Waals surface area contributed by atoms with Crippen LogP contribution < -0.4 is 15.4 Å². The summed E-state index contributed by atoms with van der Waals surface area (Å²) in [5.41, 5.74) is 0.680. The minimum Gasteiger partial charge on any atom is -0.406 e. The highest BCUT2D eigenvalue weighted by Crippen LogP contribution is 2.23. The molecule has 1 heterocycles. The molecule has 2 aliphatic rings. The van der Waals surface area contributed by atoms with Crippen molar-refractivity contribution in [3.05, 3.63) is 29.8 Å². The summed E-state index contributed by atoms with van der Waals surface area (Å²) in [4.78, 5) is 26.0. The largest absolute Gasteiger partial charge is 0.573 e. The highest BCUT2D eigenvalue weighted by Gasteiger charge is 2.31. The normalized spacial score (nSPS) is 18.1. The number of rotatable bonds is 5. The van der Waals surface area contributed by atoms with Gasteiger partial charge in [0.15, 0.2) is 0 Å². The van der Waals surface area contributed by atoms with Gasteiger partial charge >= 0.3 is 12.4 Å². The Kier molecular flexibility index (Phi) is 5.76.